The molecule has 0 radical (unpaired) electrons. The molecule has 1 aliphatic carbocycles. The Hall–Kier alpha value is -2.42. The lowest BCUT2D eigenvalue weighted by Crippen LogP contribution is -2.41. The second-order valence-corrected chi connectivity index (χ2v) is 11.1. The maximum absolute atomic E-state index is 13.6. The maximum Gasteiger partial charge on any atom is 0.251 e. The lowest BCUT2D eigenvalue weighted by molar-refractivity contribution is 0.0394. The Morgan fingerprint density at radius 3 is 2.69 bits per heavy atom. The number of hydrogen-bond acceptors (Lipinski definition) is 6. The minimum atomic E-state index is -0.0287. The summed E-state index contributed by atoms with van der Waals surface area (Å²) in [5.74, 6) is 0.711. The van der Waals surface area contributed by atoms with Gasteiger partial charge in [-0.3, -0.25) is 14.8 Å². The molecule has 1 aromatic heterocycles. The quantitative estimate of drug-likeness (QED) is 0.567. The van der Waals surface area contributed by atoms with E-state index >= 15 is 0 Å². The number of aromatic nitrogens is 2. The molecule has 1 aliphatic heterocycles. The van der Waals surface area contributed by atoms with E-state index in [4.69, 9.17) is 10.5 Å². The summed E-state index contributed by atoms with van der Waals surface area (Å²) in [7, 11) is 4.07. The van der Waals surface area contributed by atoms with Gasteiger partial charge in [-0.25, -0.2) is 0 Å². The van der Waals surface area contributed by atoms with Crippen molar-refractivity contribution in [1.82, 2.24) is 20.4 Å². The van der Waals surface area contributed by atoms with Crippen LogP contribution in [0.3, 0.4) is 0 Å². The topological polar surface area (TPSA) is 97.4 Å². The highest BCUT2D eigenvalue weighted by molar-refractivity contribution is 5.98. The summed E-state index contributed by atoms with van der Waals surface area (Å²) in [5, 5.41) is 11.0. The van der Waals surface area contributed by atoms with Crippen LogP contribution in [0.5, 0.6) is 0 Å². The predicted octanol–water partition coefficient (Wildman–Crippen LogP) is 3.44. The molecule has 2 heterocycles. The molecule has 1 saturated carbocycles. The van der Waals surface area contributed by atoms with Gasteiger partial charge in [-0.1, -0.05) is 6.92 Å². The van der Waals surface area contributed by atoms with Crippen LogP contribution in [0.4, 0.5) is 5.69 Å². The zero-order valence-electron chi connectivity index (χ0n) is 22.6. The number of rotatable bonds is 6. The normalized spacial score (nSPS) is 27.2. The highest BCUT2D eigenvalue weighted by Gasteiger charge is 2.27. The van der Waals surface area contributed by atoms with Crippen LogP contribution < -0.4 is 21.3 Å². The van der Waals surface area contributed by atoms with Gasteiger partial charge in [0, 0.05) is 67.7 Å². The van der Waals surface area contributed by atoms with Crippen LogP contribution in [0.15, 0.2) is 24.5 Å². The first-order valence-electron chi connectivity index (χ1n) is 13.4. The van der Waals surface area contributed by atoms with E-state index in [0.29, 0.717) is 43.9 Å². The smallest absolute Gasteiger partial charge is 0.251 e. The predicted molar refractivity (Wildman–Crippen MR) is 145 cm³/mol. The fourth-order valence-electron chi connectivity index (χ4n) is 5.71. The summed E-state index contributed by atoms with van der Waals surface area (Å²) in [5.41, 5.74) is 11.0. The van der Waals surface area contributed by atoms with Gasteiger partial charge in [0.05, 0.1) is 19.5 Å². The number of hydrogen-bond donors (Lipinski definition) is 3. The van der Waals surface area contributed by atoms with Crippen molar-refractivity contribution in [3.63, 3.8) is 0 Å². The molecular formula is C28H44N6O2. The second-order valence-electron chi connectivity index (χ2n) is 11.1. The number of ether oxygens (including phenoxy) is 1. The van der Waals surface area contributed by atoms with Crippen molar-refractivity contribution in [3.05, 3.63) is 35.7 Å². The molecule has 3 atom stereocenters. The van der Waals surface area contributed by atoms with Crippen LogP contribution >= 0.6 is 0 Å². The number of anilines is 1. The van der Waals surface area contributed by atoms with Crippen LogP contribution in [0.2, 0.25) is 0 Å². The fourth-order valence-corrected chi connectivity index (χ4v) is 5.71. The third-order valence-corrected chi connectivity index (χ3v) is 8.25. The summed E-state index contributed by atoms with van der Waals surface area (Å²) < 4.78 is 7.61. The maximum atomic E-state index is 13.6. The van der Waals surface area contributed by atoms with E-state index in [1.807, 2.05) is 25.5 Å². The molecule has 198 valence electrons. The Bertz CT molecular complexity index is 1030. The third-order valence-electron chi connectivity index (χ3n) is 8.25. The van der Waals surface area contributed by atoms with E-state index in [-0.39, 0.29) is 11.8 Å². The van der Waals surface area contributed by atoms with Crippen molar-refractivity contribution in [2.45, 2.75) is 71.0 Å². The van der Waals surface area contributed by atoms with Gasteiger partial charge in [0.15, 0.2) is 0 Å². The molecule has 2 aliphatic rings. The van der Waals surface area contributed by atoms with E-state index in [1.54, 1.807) is 4.68 Å². The molecule has 3 unspecified atom stereocenters. The first-order chi connectivity index (χ1) is 17.2. The molecule has 8 heteroatoms. The van der Waals surface area contributed by atoms with Gasteiger partial charge >= 0.3 is 0 Å². The van der Waals surface area contributed by atoms with Crippen molar-refractivity contribution in [3.8, 4) is 11.1 Å². The highest BCUT2D eigenvalue weighted by atomic mass is 16.5. The average Bonchev–Trinajstić information content (AvgIpc) is 3.28. The molecule has 1 aromatic carbocycles. The summed E-state index contributed by atoms with van der Waals surface area (Å²) in [6, 6.07) is 5.35. The van der Waals surface area contributed by atoms with Gasteiger partial charge in [-0.15, -0.1) is 0 Å². The van der Waals surface area contributed by atoms with E-state index in [2.05, 4.69) is 54.5 Å². The monoisotopic (exact) mass is 496 g/mol. The van der Waals surface area contributed by atoms with Crippen molar-refractivity contribution in [1.29, 1.82) is 0 Å². The van der Waals surface area contributed by atoms with Crippen molar-refractivity contribution >= 4 is 11.6 Å². The van der Waals surface area contributed by atoms with Crippen LogP contribution in [0.25, 0.3) is 11.1 Å². The Morgan fingerprint density at radius 1 is 1.25 bits per heavy atom. The van der Waals surface area contributed by atoms with Gasteiger partial charge < -0.3 is 20.7 Å². The number of amides is 1. The molecule has 1 amide bonds. The van der Waals surface area contributed by atoms with Gasteiger partial charge in [-0.2, -0.15) is 5.10 Å². The zero-order chi connectivity index (χ0) is 25.8. The molecule has 1 saturated heterocycles. The van der Waals surface area contributed by atoms with E-state index in [9.17, 15) is 4.79 Å². The average molecular weight is 497 g/mol. The molecule has 4 N–H and O–H groups in total. The molecule has 36 heavy (non-hydrogen) atoms. The van der Waals surface area contributed by atoms with Crippen LogP contribution in [-0.2, 0) is 11.8 Å². The summed E-state index contributed by atoms with van der Waals surface area (Å²) in [6.45, 7) is 8.32. The van der Waals surface area contributed by atoms with Crippen LogP contribution in [0.1, 0.15) is 61.9 Å². The number of nitrogens with two attached hydrogens (primary N) is 1. The Labute approximate surface area is 215 Å². The van der Waals surface area contributed by atoms with Crippen LogP contribution in [-0.4, -0.2) is 60.7 Å². The summed E-state index contributed by atoms with van der Waals surface area (Å²) >= 11 is 0. The summed E-state index contributed by atoms with van der Waals surface area (Å²) in [4.78, 5) is 16.0. The highest BCUT2D eigenvalue weighted by Crippen LogP contribution is 2.34. The lowest BCUT2D eigenvalue weighted by atomic mass is 9.88. The molecule has 2 fully saturated rings. The van der Waals surface area contributed by atoms with Crippen molar-refractivity contribution in [2.24, 2.45) is 24.6 Å². The van der Waals surface area contributed by atoms with E-state index in [0.717, 1.165) is 60.0 Å². The van der Waals surface area contributed by atoms with Gasteiger partial charge in [0.2, 0.25) is 0 Å². The van der Waals surface area contributed by atoms with Crippen molar-refractivity contribution in [2.75, 3.05) is 31.8 Å². The van der Waals surface area contributed by atoms with Gasteiger partial charge in [0.25, 0.3) is 5.91 Å². The molecule has 2 aromatic rings. The first-order valence-corrected chi connectivity index (χ1v) is 13.4. The molecule has 8 nitrogen and oxygen atoms in total. The third kappa shape index (κ3) is 6.28. The Kier molecular flexibility index (Phi) is 8.70. The standard InChI is InChI=1S/C28H44N6O2/c1-18-10-19(2)31-17-36-16-23(18)13-30-28(35)26-11-21(22-14-32-33(4)15-22)12-27(20(26)3)34(5)25-8-6-24(29)7-9-25/h11-12,14-15,18-19,23-25,31H,6-10,13,16-17,29H2,1-5H3,(H,30,35)/t18?,19?,23?,24-,25+. The van der Waals surface area contributed by atoms with E-state index in [1.165, 1.54) is 0 Å². The number of carbonyl (C=O) groups excluding carboxylic acids is 1. The number of benzene rings is 1. The molecule has 0 spiro atoms. The fraction of sp³-hybridized carbons (Fsp3) is 0.643. The zero-order valence-corrected chi connectivity index (χ0v) is 22.6. The minimum Gasteiger partial charge on any atom is -0.371 e. The molecular weight excluding hydrogens is 452 g/mol. The van der Waals surface area contributed by atoms with E-state index < -0.39 is 0 Å². The lowest BCUT2D eigenvalue weighted by Gasteiger charge is -2.36. The first kappa shape index (κ1) is 26.6. The number of aryl methyl sites for hydroxylation is 1. The van der Waals surface area contributed by atoms with Crippen LogP contribution in [0, 0.1) is 18.8 Å². The van der Waals surface area contributed by atoms with Crippen molar-refractivity contribution < 1.29 is 9.53 Å². The second kappa shape index (κ2) is 11.8. The minimum absolute atomic E-state index is 0.0287. The summed E-state index contributed by atoms with van der Waals surface area (Å²) in [6.07, 6.45) is 9.15. The Morgan fingerprint density at radius 2 is 2.00 bits per heavy atom. The number of carbonyl (C=O) groups is 1. The van der Waals surface area contributed by atoms with Gasteiger partial charge in [-0.05, 0) is 75.1 Å². The number of nitrogens with zero attached hydrogens (tertiary/aromatic N) is 3. The Balaban J connectivity index is 1.58. The SMILES string of the molecule is Cc1c(C(=O)NCC2COCNC(C)CC2C)cc(-c2cnn(C)c2)cc1N(C)[C@H]1CC[C@@H](N)CC1. The van der Waals surface area contributed by atoms with Gasteiger partial charge in [0.1, 0.15) is 0 Å². The molecule has 0 bridgehead atoms. The molecule has 4 rings (SSSR count). The largest absolute Gasteiger partial charge is 0.371 e. The number of nitrogens with one attached hydrogen (secondary N) is 2.